The van der Waals surface area contributed by atoms with Crippen LogP contribution in [-0.2, 0) is 4.79 Å². The SMILES string of the molecule is O=C(CCCOc1cccc(Br)c1)N1CCCC1c1ccc(F)cc1. The van der Waals surface area contributed by atoms with Crippen LogP contribution in [0.5, 0.6) is 5.75 Å². The van der Waals surface area contributed by atoms with Crippen molar-refractivity contribution in [3.63, 3.8) is 0 Å². The molecular weight excluding hydrogens is 385 g/mol. The maximum atomic E-state index is 13.1. The molecule has 132 valence electrons. The summed E-state index contributed by atoms with van der Waals surface area (Å²) in [4.78, 5) is 14.5. The minimum Gasteiger partial charge on any atom is -0.494 e. The van der Waals surface area contributed by atoms with Gasteiger partial charge >= 0.3 is 0 Å². The van der Waals surface area contributed by atoms with Gasteiger partial charge < -0.3 is 9.64 Å². The topological polar surface area (TPSA) is 29.5 Å². The second-order valence-corrected chi connectivity index (χ2v) is 7.12. The van der Waals surface area contributed by atoms with Crippen LogP contribution in [0.4, 0.5) is 4.39 Å². The molecule has 1 aliphatic heterocycles. The fourth-order valence-electron chi connectivity index (χ4n) is 3.21. The van der Waals surface area contributed by atoms with E-state index in [0.717, 1.165) is 35.2 Å². The predicted molar refractivity (Wildman–Crippen MR) is 99.0 cm³/mol. The Hall–Kier alpha value is -1.88. The zero-order chi connectivity index (χ0) is 17.6. The summed E-state index contributed by atoms with van der Waals surface area (Å²) in [5.74, 6) is 0.696. The molecule has 1 atom stereocenters. The second-order valence-electron chi connectivity index (χ2n) is 6.21. The van der Waals surface area contributed by atoms with E-state index in [1.54, 1.807) is 12.1 Å². The molecular formula is C20H21BrFNO2. The number of amides is 1. The Morgan fingerprint density at radius 1 is 1.24 bits per heavy atom. The van der Waals surface area contributed by atoms with Crippen LogP contribution in [0.3, 0.4) is 0 Å². The zero-order valence-electron chi connectivity index (χ0n) is 14.0. The van der Waals surface area contributed by atoms with Crippen molar-refractivity contribution in [3.8, 4) is 5.75 Å². The van der Waals surface area contributed by atoms with Crippen LogP contribution in [0.2, 0.25) is 0 Å². The lowest BCUT2D eigenvalue weighted by molar-refractivity contribution is -0.132. The lowest BCUT2D eigenvalue weighted by Crippen LogP contribution is -2.30. The summed E-state index contributed by atoms with van der Waals surface area (Å²) in [7, 11) is 0. The maximum absolute atomic E-state index is 13.1. The molecule has 0 aliphatic carbocycles. The Morgan fingerprint density at radius 2 is 2.04 bits per heavy atom. The van der Waals surface area contributed by atoms with E-state index in [9.17, 15) is 9.18 Å². The molecule has 0 bridgehead atoms. The molecule has 1 saturated heterocycles. The van der Waals surface area contributed by atoms with Gasteiger partial charge in [-0.2, -0.15) is 0 Å². The standard InChI is InChI=1S/C20H21BrFNO2/c21-16-4-1-5-18(14-16)25-13-3-7-20(24)23-12-2-6-19(23)15-8-10-17(22)11-9-15/h1,4-5,8-11,14,19H,2-3,6-7,12-13H2. The van der Waals surface area contributed by atoms with Gasteiger partial charge in [-0.05, 0) is 55.2 Å². The lowest BCUT2D eigenvalue weighted by Gasteiger charge is -2.25. The molecule has 0 saturated carbocycles. The van der Waals surface area contributed by atoms with Crippen LogP contribution in [0, 0.1) is 5.82 Å². The highest BCUT2D eigenvalue weighted by molar-refractivity contribution is 9.10. The number of rotatable bonds is 6. The summed E-state index contributed by atoms with van der Waals surface area (Å²) < 4.78 is 19.8. The van der Waals surface area contributed by atoms with Crippen molar-refractivity contribution in [3.05, 3.63) is 64.4 Å². The van der Waals surface area contributed by atoms with Gasteiger partial charge in [-0.3, -0.25) is 4.79 Å². The first kappa shape index (κ1) is 17.9. The number of hydrogen-bond donors (Lipinski definition) is 0. The van der Waals surface area contributed by atoms with Gasteiger partial charge in [0.2, 0.25) is 5.91 Å². The van der Waals surface area contributed by atoms with Gasteiger partial charge in [0.1, 0.15) is 11.6 Å². The molecule has 1 amide bonds. The summed E-state index contributed by atoms with van der Waals surface area (Å²) in [6.45, 7) is 1.28. The predicted octanol–water partition coefficient (Wildman–Crippen LogP) is 5.11. The Kier molecular flexibility index (Phi) is 6.08. The van der Waals surface area contributed by atoms with Gasteiger partial charge in [0.05, 0.1) is 12.6 Å². The van der Waals surface area contributed by atoms with Gasteiger partial charge in [0, 0.05) is 17.4 Å². The van der Waals surface area contributed by atoms with Gasteiger partial charge in [-0.1, -0.05) is 34.1 Å². The molecule has 3 nitrogen and oxygen atoms in total. The van der Waals surface area contributed by atoms with Crippen molar-refractivity contribution in [1.29, 1.82) is 0 Å². The second kappa shape index (κ2) is 8.48. The Labute approximate surface area is 155 Å². The van der Waals surface area contributed by atoms with Crippen molar-refractivity contribution in [2.75, 3.05) is 13.2 Å². The highest BCUT2D eigenvalue weighted by Gasteiger charge is 2.29. The quantitative estimate of drug-likeness (QED) is 0.624. The number of benzene rings is 2. The van der Waals surface area contributed by atoms with Crippen molar-refractivity contribution >= 4 is 21.8 Å². The van der Waals surface area contributed by atoms with E-state index >= 15 is 0 Å². The summed E-state index contributed by atoms with van der Waals surface area (Å²) in [6, 6.07) is 14.2. The van der Waals surface area contributed by atoms with Gasteiger partial charge in [-0.25, -0.2) is 4.39 Å². The fraction of sp³-hybridized carbons (Fsp3) is 0.350. The number of nitrogens with zero attached hydrogens (tertiary/aromatic N) is 1. The van der Waals surface area contributed by atoms with E-state index in [-0.39, 0.29) is 17.8 Å². The number of halogens is 2. The monoisotopic (exact) mass is 405 g/mol. The zero-order valence-corrected chi connectivity index (χ0v) is 15.5. The smallest absolute Gasteiger partial charge is 0.223 e. The molecule has 2 aromatic carbocycles. The Balaban J connectivity index is 1.49. The molecule has 0 aromatic heterocycles. The minimum absolute atomic E-state index is 0.0686. The normalized spacial score (nSPS) is 16.9. The fourth-order valence-corrected chi connectivity index (χ4v) is 3.59. The summed E-state index contributed by atoms with van der Waals surface area (Å²) >= 11 is 3.41. The molecule has 0 spiro atoms. The third-order valence-corrected chi connectivity index (χ3v) is 4.92. The highest BCUT2D eigenvalue weighted by Crippen LogP contribution is 2.32. The first-order valence-electron chi connectivity index (χ1n) is 8.57. The van der Waals surface area contributed by atoms with Crippen LogP contribution < -0.4 is 4.74 Å². The number of hydrogen-bond acceptors (Lipinski definition) is 2. The highest BCUT2D eigenvalue weighted by atomic mass is 79.9. The molecule has 0 radical (unpaired) electrons. The average molecular weight is 406 g/mol. The average Bonchev–Trinajstić information content (AvgIpc) is 3.09. The van der Waals surface area contributed by atoms with Crippen LogP contribution in [0.15, 0.2) is 53.0 Å². The largest absolute Gasteiger partial charge is 0.494 e. The lowest BCUT2D eigenvalue weighted by atomic mass is 10.0. The molecule has 0 N–H and O–H groups in total. The van der Waals surface area contributed by atoms with Crippen LogP contribution in [-0.4, -0.2) is 24.0 Å². The molecule has 1 aliphatic rings. The van der Waals surface area contributed by atoms with Gasteiger partial charge in [0.15, 0.2) is 0 Å². The van der Waals surface area contributed by atoms with Crippen molar-refractivity contribution in [2.45, 2.75) is 31.7 Å². The van der Waals surface area contributed by atoms with E-state index in [4.69, 9.17) is 4.74 Å². The van der Waals surface area contributed by atoms with Crippen LogP contribution in [0.25, 0.3) is 0 Å². The Morgan fingerprint density at radius 3 is 2.80 bits per heavy atom. The van der Waals surface area contributed by atoms with E-state index in [2.05, 4.69) is 15.9 Å². The third-order valence-electron chi connectivity index (χ3n) is 4.43. The maximum Gasteiger partial charge on any atom is 0.223 e. The number of ether oxygens (including phenoxy) is 1. The number of carbonyl (C=O) groups is 1. The van der Waals surface area contributed by atoms with Gasteiger partial charge in [0.25, 0.3) is 0 Å². The number of carbonyl (C=O) groups excluding carboxylic acids is 1. The van der Waals surface area contributed by atoms with Crippen LogP contribution >= 0.6 is 15.9 Å². The Bertz CT molecular complexity index is 720. The number of likely N-dealkylation sites (tertiary alicyclic amines) is 1. The summed E-state index contributed by atoms with van der Waals surface area (Å²) in [5.41, 5.74) is 1.01. The van der Waals surface area contributed by atoms with Crippen molar-refractivity contribution in [1.82, 2.24) is 4.90 Å². The molecule has 1 fully saturated rings. The van der Waals surface area contributed by atoms with Crippen molar-refractivity contribution in [2.24, 2.45) is 0 Å². The van der Waals surface area contributed by atoms with Gasteiger partial charge in [-0.15, -0.1) is 0 Å². The molecule has 5 heteroatoms. The van der Waals surface area contributed by atoms with E-state index in [0.29, 0.717) is 19.4 Å². The summed E-state index contributed by atoms with van der Waals surface area (Å²) in [6.07, 6.45) is 3.07. The molecule has 1 heterocycles. The van der Waals surface area contributed by atoms with Crippen molar-refractivity contribution < 1.29 is 13.9 Å². The van der Waals surface area contributed by atoms with Crippen LogP contribution in [0.1, 0.15) is 37.3 Å². The first-order valence-corrected chi connectivity index (χ1v) is 9.36. The molecule has 2 aromatic rings. The van der Waals surface area contributed by atoms with E-state index < -0.39 is 0 Å². The van der Waals surface area contributed by atoms with E-state index in [1.165, 1.54) is 12.1 Å². The van der Waals surface area contributed by atoms with E-state index in [1.807, 2.05) is 29.2 Å². The minimum atomic E-state index is -0.246. The molecule has 1 unspecified atom stereocenters. The third kappa shape index (κ3) is 4.82. The molecule has 25 heavy (non-hydrogen) atoms. The summed E-state index contributed by atoms with van der Waals surface area (Å²) in [5, 5.41) is 0. The molecule has 3 rings (SSSR count). The first-order chi connectivity index (χ1) is 12.1.